The van der Waals surface area contributed by atoms with Crippen LogP contribution in [0.5, 0.6) is 23.5 Å². The molecule has 0 fully saturated rings. The molecule has 2 aromatic rings. The SMILES string of the molecule is COc1cc(OC)nc(Oc2c(C)ccc(Cl)c2C=O)n1. The molecule has 0 radical (unpaired) electrons. The van der Waals surface area contributed by atoms with Gasteiger partial charge in [0, 0.05) is 0 Å². The maximum absolute atomic E-state index is 11.2. The molecule has 0 spiro atoms. The molecule has 0 atom stereocenters. The van der Waals surface area contributed by atoms with Crippen LogP contribution in [0.25, 0.3) is 0 Å². The van der Waals surface area contributed by atoms with Crippen LogP contribution < -0.4 is 14.2 Å². The van der Waals surface area contributed by atoms with E-state index in [-0.39, 0.29) is 23.3 Å². The fraction of sp³-hybridized carbons (Fsp3) is 0.214. The highest BCUT2D eigenvalue weighted by molar-refractivity contribution is 6.33. The maximum atomic E-state index is 11.2. The summed E-state index contributed by atoms with van der Waals surface area (Å²) in [5.41, 5.74) is 0.967. The molecule has 110 valence electrons. The van der Waals surface area contributed by atoms with Gasteiger partial charge in [-0.15, -0.1) is 0 Å². The fourth-order valence-electron chi connectivity index (χ4n) is 1.66. The highest BCUT2D eigenvalue weighted by Crippen LogP contribution is 2.32. The molecular weight excluding hydrogens is 296 g/mol. The first-order chi connectivity index (χ1) is 10.1. The van der Waals surface area contributed by atoms with E-state index in [1.54, 1.807) is 19.1 Å². The second-order valence-electron chi connectivity index (χ2n) is 4.06. The summed E-state index contributed by atoms with van der Waals surface area (Å²) < 4.78 is 15.7. The molecule has 1 aromatic heterocycles. The van der Waals surface area contributed by atoms with Crippen molar-refractivity contribution in [1.29, 1.82) is 0 Å². The standard InChI is InChI=1S/C14H13ClN2O4/c1-8-4-5-10(15)9(7-18)13(8)21-14-16-11(19-2)6-12(17-14)20-3/h4-7H,1-3H3. The summed E-state index contributed by atoms with van der Waals surface area (Å²) >= 11 is 5.98. The van der Waals surface area contributed by atoms with Crippen LogP contribution in [0.2, 0.25) is 5.02 Å². The van der Waals surface area contributed by atoms with Crippen LogP contribution in [0.1, 0.15) is 15.9 Å². The smallest absolute Gasteiger partial charge is 0.328 e. The molecule has 0 unspecified atom stereocenters. The first-order valence-electron chi connectivity index (χ1n) is 5.98. The van der Waals surface area contributed by atoms with E-state index in [1.165, 1.54) is 20.3 Å². The van der Waals surface area contributed by atoms with Gasteiger partial charge in [0.05, 0.1) is 30.9 Å². The van der Waals surface area contributed by atoms with E-state index >= 15 is 0 Å². The topological polar surface area (TPSA) is 70.5 Å². The molecule has 0 bridgehead atoms. The number of aryl methyl sites for hydroxylation is 1. The average Bonchev–Trinajstić information content (AvgIpc) is 2.50. The van der Waals surface area contributed by atoms with Gasteiger partial charge in [-0.05, 0) is 18.6 Å². The van der Waals surface area contributed by atoms with Gasteiger partial charge in [-0.25, -0.2) is 0 Å². The van der Waals surface area contributed by atoms with Crippen molar-refractivity contribution >= 4 is 17.9 Å². The Morgan fingerprint density at radius 3 is 2.29 bits per heavy atom. The van der Waals surface area contributed by atoms with Crippen molar-refractivity contribution in [1.82, 2.24) is 9.97 Å². The number of aldehydes is 1. The summed E-state index contributed by atoms with van der Waals surface area (Å²) in [6.45, 7) is 1.79. The van der Waals surface area contributed by atoms with Gasteiger partial charge in [0.2, 0.25) is 11.8 Å². The summed E-state index contributed by atoms with van der Waals surface area (Å²) in [7, 11) is 2.93. The molecule has 0 amide bonds. The molecule has 6 nitrogen and oxygen atoms in total. The number of nitrogens with zero attached hydrogens (tertiary/aromatic N) is 2. The molecule has 0 saturated heterocycles. The van der Waals surface area contributed by atoms with Gasteiger partial charge in [0.1, 0.15) is 5.75 Å². The monoisotopic (exact) mass is 308 g/mol. The summed E-state index contributed by atoms with van der Waals surface area (Å²) in [5.74, 6) is 0.862. The zero-order valence-corrected chi connectivity index (χ0v) is 12.5. The van der Waals surface area contributed by atoms with Crippen molar-refractivity contribution in [3.05, 3.63) is 34.3 Å². The molecule has 2 rings (SSSR count). The number of halogens is 1. The Balaban J connectivity index is 2.47. The van der Waals surface area contributed by atoms with E-state index in [2.05, 4.69) is 9.97 Å². The van der Waals surface area contributed by atoms with Crippen molar-refractivity contribution in [3.63, 3.8) is 0 Å². The van der Waals surface area contributed by atoms with Crippen LogP contribution in [-0.4, -0.2) is 30.5 Å². The Hall–Kier alpha value is -2.34. The Morgan fingerprint density at radius 1 is 1.14 bits per heavy atom. The molecule has 1 heterocycles. The van der Waals surface area contributed by atoms with Crippen LogP contribution in [-0.2, 0) is 0 Å². The number of benzene rings is 1. The number of hydrogen-bond acceptors (Lipinski definition) is 6. The third-order valence-electron chi connectivity index (χ3n) is 2.73. The van der Waals surface area contributed by atoms with Gasteiger partial charge in [0.15, 0.2) is 6.29 Å². The van der Waals surface area contributed by atoms with Crippen molar-refractivity contribution in [3.8, 4) is 23.5 Å². The van der Waals surface area contributed by atoms with E-state index in [1.807, 2.05) is 0 Å². The third-order valence-corrected chi connectivity index (χ3v) is 3.06. The molecule has 0 aliphatic carbocycles. The van der Waals surface area contributed by atoms with Crippen molar-refractivity contribution in [2.75, 3.05) is 14.2 Å². The van der Waals surface area contributed by atoms with Crippen molar-refractivity contribution in [2.24, 2.45) is 0 Å². The Kier molecular flexibility index (Phi) is 4.59. The second-order valence-corrected chi connectivity index (χ2v) is 4.47. The lowest BCUT2D eigenvalue weighted by molar-refractivity contribution is 0.112. The van der Waals surface area contributed by atoms with E-state index in [9.17, 15) is 4.79 Å². The number of aromatic nitrogens is 2. The second kappa shape index (κ2) is 6.41. The predicted molar refractivity (Wildman–Crippen MR) is 76.8 cm³/mol. The first-order valence-corrected chi connectivity index (χ1v) is 6.36. The molecule has 21 heavy (non-hydrogen) atoms. The minimum absolute atomic E-state index is 0.000309. The first kappa shape index (κ1) is 15.1. The lowest BCUT2D eigenvalue weighted by Crippen LogP contribution is -2.01. The maximum Gasteiger partial charge on any atom is 0.328 e. The quantitative estimate of drug-likeness (QED) is 0.791. The summed E-state index contributed by atoms with van der Waals surface area (Å²) in [5, 5.41) is 0.292. The number of carbonyl (C=O) groups excluding carboxylic acids is 1. The van der Waals surface area contributed by atoms with E-state index < -0.39 is 0 Å². The average molecular weight is 309 g/mol. The van der Waals surface area contributed by atoms with Crippen molar-refractivity contribution < 1.29 is 19.0 Å². The summed E-state index contributed by atoms with van der Waals surface area (Å²) in [6, 6.07) is 4.88. The zero-order chi connectivity index (χ0) is 15.4. The third kappa shape index (κ3) is 3.22. The molecule has 0 aliphatic heterocycles. The number of hydrogen-bond donors (Lipinski definition) is 0. The molecular formula is C14H13ClN2O4. The summed E-state index contributed by atoms with van der Waals surface area (Å²) in [6.07, 6.45) is 0.627. The van der Waals surface area contributed by atoms with Gasteiger partial charge >= 0.3 is 6.01 Å². The van der Waals surface area contributed by atoms with E-state index in [0.717, 1.165) is 5.56 Å². The summed E-state index contributed by atoms with van der Waals surface area (Å²) in [4.78, 5) is 19.3. The van der Waals surface area contributed by atoms with Gasteiger partial charge in [-0.1, -0.05) is 17.7 Å². The lowest BCUT2D eigenvalue weighted by atomic mass is 10.1. The van der Waals surface area contributed by atoms with Crippen LogP contribution in [0.15, 0.2) is 18.2 Å². The van der Waals surface area contributed by atoms with Crippen molar-refractivity contribution in [2.45, 2.75) is 6.92 Å². The van der Waals surface area contributed by atoms with E-state index in [4.69, 9.17) is 25.8 Å². The minimum atomic E-state index is -0.000309. The molecule has 0 aliphatic rings. The molecule has 0 N–H and O–H groups in total. The van der Waals surface area contributed by atoms with Gasteiger partial charge in [-0.2, -0.15) is 9.97 Å². The highest BCUT2D eigenvalue weighted by atomic mass is 35.5. The fourth-order valence-corrected chi connectivity index (χ4v) is 1.85. The number of methoxy groups -OCH3 is 2. The van der Waals surface area contributed by atoms with Gasteiger partial charge in [0.25, 0.3) is 0 Å². The number of ether oxygens (including phenoxy) is 3. The Labute approximate surface area is 126 Å². The van der Waals surface area contributed by atoms with Crippen LogP contribution in [0.4, 0.5) is 0 Å². The minimum Gasteiger partial charge on any atom is -0.481 e. The molecule has 1 aromatic carbocycles. The largest absolute Gasteiger partial charge is 0.481 e. The van der Waals surface area contributed by atoms with Crippen LogP contribution >= 0.6 is 11.6 Å². The van der Waals surface area contributed by atoms with Gasteiger partial charge < -0.3 is 14.2 Å². The zero-order valence-electron chi connectivity index (χ0n) is 11.7. The predicted octanol–water partition coefficient (Wildman–Crippen LogP) is 3.06. The van der Waals surface area contributed by atoms with Gasteiger partial charge in [-0.3, -0.25) is 4.79 Å². The number of carbonyl (C=O) groups is 1. The van der Waals surface area contributed by atoms with Crippen LogP contribution in [0.3, 0.4) is 0 Å². The Morgan fingerprint density at radius 2 is 1.76 bits per heavy atom. The van der Waals surface area contributed by atoms with Crippen LogP contribution in [0, 0.1) is 6.92 Å². The lowest BCUT2D eigenvalue weighted by Gasteiger charge is -2.12. The van der Waals surface area contributed by atoms with E-state index in [0.29, 0.717) is 17.1 Å². The Bertz CT molecular complexity index is 654. The molecule has 0 saturated carbocycles. The normalized spacial score (nSPS) is 10.1. The highest BCUT2D eigenvalue weighted by Gasteiger charge is 2.15. The molecule has 7 heteroatoms. The number of rotatable bonds is 5.